The van der Waals surface area contributed by atoms with Crippen molar-refractivity contribution < 1.29 is 4.74 Å². The molecule has 1 fully saturated rings. The lowest BCUT2D eigenvalue weighted by atomic mass is 10.1. The molecule has 1 aromatic heterocycles. The second-order valence-electron chi connectivity index (χ2n) is 4.62. The first-order chi connectivity index (χ1) is 8.72. The van der Waals surface area contributed by atoms with Gasteiger partial charge in [0.1, 0.15) is 0 Å². The van der Waals surface area contributed by atoms with Gasteiger partial charge in [-0.05, 0) is 38.0 Å². The number of hydrogen-bond acceptors (Lipinski definition) is 4. The number of ether oxygens (including phenoxy) is 1. The molecule has 1 saturated heterocycles. The van der Waals surface area contributed by atoms with E-state index in [4.69, 9.17) is 4.74 Å². The Morgan fingerprint density at radius 1 is 1.56 bits per heavy atom. The second-order valence-corrected chi connectivity index (χ2v) is 6.56. The van der Waals surface area contributed by atoms with Crippen LogP contribution in [-0.2, 0) is 4.74 Å². The smallest absolute Gasteiger partial charge is 0.184 e. The molecule has 96 valence electrons. The lowest BCUT2D eigenvalue weighted by molar-refractivity contribution is 0.0996. The zero-order valence-corrected chi connectivity index (χ0v) is 12.6. The van der Waals surface area contributed by atoms with Gasteiger partial charge in [-0.3, -0.25) is 0 Å². The highest BCUT2D eigenvalue weighted by Crippen LogP contribution is 2.29. The topological polar surface area (TPSA) is 34.2 Å². The Hall–Kier alpha value is -0.650. The van der Waals surface area contributed by atoms with Crippen molar-refractivity contribution in [3.8, 4) is 0 Å². The van der Waals surface area contributed by atoms with Crippen LogP contribution in [-0.4, -0.2) is 23.7 Å². The number of anilines is 1. The number of benzene rings is 1. The average Bonchev–Trinajstić information content (AvgIpc) is 2.95. The van der Waals surface area contributed by atoms with Gasteiger partial charge in [0.15, 0.2) is 5.13 Å². The van der Waals surface area contributed by atoms with Gasteiger partial charge in [0.25, 0.3) is 0 Å². The summed E-state index contributed by atoms with van der Waals surface area (Å²) in [6.07, 6.45) is 2.64. The van der Waals surface area contributed by atoms with Crippen molar-refractivity contribution in [2.75, 3.05) is 11.9 Å². The van der Waals surface area contributed by atoms with Crippen molar-refractivity contribution >= 4 is 42.6 Å². The van der Waals surface area contributed by atoms with Crippen LogP contribution in [0.5, 0.6) is 0 Å². The molecule has 3 nitrogen and oxygen atoms in total. The number of aromatic nitrogens is 1. The lowest BCUT2D eigenvalue weighted by Crippen LogP contribution is -2.29. The minimum absolute atomic E-state index is 0.316. The number of nitrogens with one attached hydrogen (secondary N) is 1. The van der Waals surface area contributed by atoms with E-state index in [0.29, 0.717) is 12.1 Å². The monoisotopic (exact) mass is 326 g/mol. The van der Waals surface area contributed by atoms with E-state index in [1.165, 1.54) is 11.1 Å². The van der Waals surface area contributed by atoms with Gasteiger partial charge in [0.05, 0.1) is 22.4 Å². The highest BCUT2D eigenvalue weighted by molar-refractivity contribution is 9.10. The summed E-state index contributed by atoms with van der Waals surface area (Å²) in [4.78, 5) is 4.60. The Balaban J connectivity index is 1.77. The third-order valence-corrected chi connectivity index (χ3v) is 4.67. The molecule has 1 aliphatic rings. The molecule has 2 heterocycles. The summed E-state index contributed by atoms with van der Waals surface area (Å²) in [6, 6.07) is 6.48. The molecule has 1 aliphatic heterocycles. The van der Waals surface area contributed by atoms with E-state index in [1.807, 2.05) is 12.1 Å². The summed E-state index contributed by atoms with van der Waals surface area (Å²) in [5, 5.41) is 4.44. The van der Waals surface area contributed by atoms with Crippen molar-refractivity contribution in [3.05, 3.63) is 22.7 Å². The maximum Gasteiger partial charge on any atom is 0.184 e. The van der Waals surface area contributed by atoms with Crippen molar-refractivity contribution in [2.24, 2.45) is 0 Å². The Morgan fingerprint density at radius 2 is 2.44 bits per heavy atom. The van der Waals surface area contributed by atoms with Gasteiger partial charge < -0.3 is 10.1 Å². The van der Waals surface area contributed by atoms with Gasteiger partial charge in [-0.25, -0.2) is 4.98 Å². The number of rotatable bonds is 3. The fraction of sp³-hybridized carbons (Fsp3) is 0.462. The van der Waals surface area contributed by atoms with Crippen LogP contribution in [0.25, 0.3) is 10.2 Å². The highest BCUT2D eigenvalue weighted by Gasteiger charge is 2.22. The zero-order valence-electron chi connectivity index (χ0n) is 10.1. The summed E-state index contributed by atoms with van der Waals surface area (Å²) in [6.45, 7) is 3.06. The van der Waals surface area contributed by atoms with E-state index >= 15 is 0 Å². The van der Waals surface area contributed by atoms with E-state index in [0.717, 1.165) is 28.1 Å². The standard InChI is InChI=1S/C13H15BrN2OS/c1-8(11-3-2-6-17-11)15-13-16-10-5-4-9(14)7-12(10)18-13/h4-5,7-8,11H,2-3,6H2,1H3,(H,15,16). The fourth-order valence-corrected chi connectivity index (χ4v) is 3.76. The number of thiazole rings is 1. The summed E-state index contributed by atoms with van der Waals surface area (Å²) >= 11 is 5.18. The first kappa shape index (κ1) is 12.4. The molecule has 0 radical (unpaired) electrons. The highest BCUT2D eigenvalue weighted by atomic mass is 79.9. The first-order valence-corrected chi connectivity index (χ1v) is 7.77. The molecule has 0 spiro atoms. The summed E-state index contributed by atoms with van der Waals surface area (Å²) in [7, 11) is 0. The normalized spacial score (nSPS) is 21.3. The lowest BCUT2D eigenvalue weighted by Gasteiger charge is -2.19. The second kappa shape index (κ2) is 5.15. The van der Waals surface area contributed by atoms with E-state index in [-0.39, 0.29) is 0 Å². The van der Waals surface area contributed by atoms with E-state index in [1.54, 1.807) is 11.3 Å². The Bertz CT molecular complexity index is 551. The van der Waals surface area contributed by atoms with Crippen LogP contribution in [0, 0.1) is 0 Å². The minimum atomic E-state index is 0.316. The molecule has 2 unspecified atom stereocenters. The molecule has 0 aliphatic carbocycles. The maximum atomic E-state index is 5.69. The van der Waals surface area contributed by atoms with E-state index < -0.39 is 0 Å². The van der Waals surface area contributed by atoms with Gasteiger partial charge in [-0.1, -0.05) is 27.3 Å². The third kappa shape index (κ3) is 2.53. The van der Waals surface area contributed by atoms with Gasteiger partial charge in [0, 0.05) is 11.1 Å². The van der Waals surface area contributed by atoms with Crippen LogP contribution in [0.15, 0.2) is 22.7 Å². The van der Waals surface area contributed by atoms with Gasteiger partial charge in [0.2, 0.25) is 0 Å². The number of halogens is 1. The summed E-state index contributed by atoms with van der Waals surface area (Å²) in [5.74, 6) is 0. The zero-order chi connectivity index (χ0) is 12.5. The molecule has 0 bridgehead atoms. The molecule has 18 heavy (non-hydrogen) atoms. The SMILES string of the molecule is CC(Nc1nc2ccc(Br)cc2s1)C1CCCO1. The predicted molar refractivity (Wildman–Crippen MR) is 79.4 cm³/mol. The number of hydrogen-bond donors (Lipinski definition) is 1. The molecule has 2 aromatic rings. The van der Waals surface area contributed by atoms with Crippen molar-refractivity contribution in [3.63, 3.8) is 0 Å². The van der Waals surface area contributed by atoms with Crippen molar-refractivity contribution in [1.29, 1.82) is 0 Å². The Morgan fingerprint density at radius 3 is 3.22 bits per heavy atom. The Kier molecular flexibility index (Phi) is 3.54. The summed E-state index contributed by atoms with van der Waals surface area (Å²) in [5.41, 5.74) is 1.05. The van der Waals surface area contributed by atoms with Crippen LogP contribution >= 0.6 is 27.3 Å². The van der Waals surface area contributed by atoms with Crippen LogP contribution in [0.3, 0.4) is 0 Å². The maximum absolute atomic E-state index is 5.69. The number of fused-ring (bicyclic) bond motifs is 1. The van der Waals surface area contributed by atoms with Crippen LogP contribution < -0.4 is 5.32 Å². The van der Waals surface area contributed by atoms with Crippen LogP contribution in [0.4, 0.5) is 5.13 Å². The van der Waals surface area contributed by atoms with E-state index in [9.17, 15) is 0 Å². The molecule has 1 N–H and O–H groups in total. The predicted octanol–water partition coefficient (Wildman–Crippen LogP) is 4.04. The van der Waals surface area contributed by atoms with Crippen molar-refractivity contribution in [1.82, 2.24) is 4.98 Å². The molecular formula is C13H15BrN2OS. The van der Waals surface area contributed by atoms with Gasteiger partial charge in [-0.15, -0.1) is 0 Å². The number of nitrogens with zero attached hydrogens (tertiary/aromatic N) is 1. The Labute approximate surface area is 119 Å². The molecule has 1 aromatic carbocycles. The molecule has 0 saturated carbocycles. The summed E-state index contributed by atoms with van der Waals surface area (Å²) < 4.78 is 7.98. The fourth-order valence-electron chi connectivity index (χ4n) is 2.24. The quantitative estimate of drug-likeness (QED) is 0.924. The minimum Gasteiger partial charge on any atom is -0.376 e. The van der Waals surface area contributed by atoms with Crippen LogP contribution in [0.2, 0.25) is 0 Å². The average molecular weight is 327 g/mol. The molecule has 0 amide bonds. The largest absolute Gasteiger partial charge is 0.376 e. The molecule has 2 atom stereocenters. The van der Waals surface area contributed by atoms with Gasteiger partial charge >= 0.3 is 0 Å². The van der Waals surface area contributed by atoms with Gasteiger partial charge in [-0.2, -0.15) is 0 Å². The molecule has 5 heteroatoms. The molecule has 3 rings (SSSR count). The third-order valence-electron chi connectivity index (χ3n) is 3.22. The van der Waals surface area contributed by atoms with E-state index in [2.05, 4.69) is 39.2 Å². The van der Waals surface area contributed by atoms with Crippen molar-refractivity contribution in [2.45, 2.75) is 31.9 Å². The first-order valence-electron chi connectivity index (χ1n) is 6.16. The van der Waals surface area contributed by atoms with Crippen LogP contribution in [0.1, 0.15) is 19.8 Å². The molecular weight excluding hydrogens is 312 g/mol.